The molecule has 34 heavy (non-hydrogen) atoms. The summed E-state index contributed by atoms with van der Waals surface area (Å²) in [4.78, 5) is 25.5. The first kappa shape index (κ1) is 22.4. The molecule has 1 saturated carbocycles. The Morgan fingerprint density at radius 3 is 2.35 bits per heavy atom. The number of hydrogen-bond acceptors (Lipinski definition) is 5. The van der Waals surface area contributed by atoms with Crippen molar-refractivity contribution in [2.75, 3.05) is 13.7 Å². The van der Waals surface area contributed by atoms with E-state index >= 15 is 0 Å². The van der Waals surface area contributed by atoms with E-state index in [2.05, 4.69) is 12.1 Å². The number of thiophene rings is 1. The predicted molar refractivity (Wildman–Crippen MR) is 135 cm³/mol. The van der Waals surface area contributed by atoms with Gasteiger partial charge in [-0.2, -0.15) is 0 Å². The van der Waals surface area contributed by atoms with Gasteiger partial charge in [-0.1, -0.05) is 12.1 Å². The molecule has 1 atom stereocenters. The van der Waals surface area contributed by atoms with Crippen LogP contribution in [0, 0.1) is 0 Å². The number of benzene rings is 3. The summed E-state index contributed by atoms with van der Waals surface area (Å²) < 4.78 is 18.7. The maximum absolute atomic E-state index is 12.2. The zero-order chi connectivity index (χ0) is 23.7. The van der Waals surface area contributed by atoms with E-state index < -0.39 is 0 Å². The van der Waals surface area contributed by atoms with Crippen LogP contribution in [0.4, 0.5) is 0 Å². The van der Waals surface area contributed by atoms with E-state index in [1.807, 2.05) is 61.5 Å². The maximum Gasteiger partial charge on any atom is 0.344 e. The summed E-state index contributed by atoms with van der Waals surface area (Å²) in [7, 11) is 1.10. The summed E-state index contributed by atoms with van der Waals surface area (Å²) >= 11 is 0. The fourth-order valence-electron chi connectivity index (χ4n) is 4.75. The molecular formula is C28H27O5S+. The fourth-order valence-corrected chi connectivity index (χ4v) is 7.10. The molecule has 1 aliphatic carbocycles. The largest absolute Gasteiger partial charge is 0.482 e. The predicted octanol–water partition coefficient (Wildman–Crippen LogP) is 6.77. The van der Waals surface area contributed by atoms with Gasteiger partial charge < -0.3 is 14.2 Å². The molecule has 3 aromatic carbocycles. The van der Waals surface area contributed by atoms with Crippen LogP contribution >= 0.6 is 10.5 Å². The van der Waals surface area contributed by atoms with Gasteiger partial charge in [0.2, 0.25) is 0 Å². The third kappa shape index (κ3) is 4.26. The molecule has 0 spiro atoms. The van der Waals surface area contributed by atoms with Gasteiger partial charge in [-0.15, -0.1) is 0 Å². The van der Waals surface area contributed by atoms with Crippen molar-refractivity contribution in [2.24, 2.45) is 0 Å². The number of esters is 2. The van der Waals surface area contributed by atoms with Crippen molar-refractivity contribution in [1.29, 1.82) is 0 Å². The minimum atomic E-state index is -0.345. The molecule has 0 amide bonds. The Kier molecular flexibility index (Phi) is 6.00. The summed E-state index contributed by atoms with van der Waals surface area (Å²) in [6, 6.07) is 21.9. The Hall–Kier alpha value is -3.38. The molecule has 0 aliphatic heterocycles. The van der Waals surface area contributed by atoms with Crippen molar-refractivity contribution in [1.82, 2.24) is 0 Å². The van der Waals surface area contributed by atoms with Gasteiger partial charge in [-0.25, -0.2) is 9.59 Å². The van der Waals surface area contributed by atoms with Crippen molar-refractivity contribution in [3.05, 3.63) is 72.3 Å². The second-order valence-corrected chi connectivity index (χ2v) is 10.9. The van der Waals surface area contributed by atoms with Gasteiger partial charge in [0.1, 0.15) is 11.4 Å². The molecule has 1 aliphatic rings. The summed E-state index contributed by atoms with van der Waals surface area (Å²) in [5, 5.41) is 2.19. The molecule has 0 saturated heterocycles. The molecule has 6 heteroatoms. The van der Waals surface area contributed by atoms with E-state index in [0.717, 1.165) is 41.4 Å². The fraction of sp³-hybridized carbons (Fsp3) is 0.286. The average molecular weight is 476 g/mol. The molecule has 4 aromatic rings. The van der Waals surface area contributed by atoms with Gasteiger partial charge in [-0.3, -0.25) is 0 Å². The monoisotopic (exact) mass is 475 g/mol. The minimum absolute atomic E-state index is 0.0946. The van der Waals surface area contributed by atoms with E-state index in [1.54, 1.807) is 0 Å². The first-order valence-electron chi connectivity index (χ1n) is 11.5. The van der Waals surface area contributed by atoms with E-state index in [0.29, 0.717) is 11.3 Å². The molecule has 0 radical (unpaired) electrons. The summed E-state index contributed by atoms with van der Waals surface area (Å²) in [6.45, 7) is 1.90. The lowest BCUT2D eigenvalue weighted by atomic mass is 10.1. The molecular weight excluding hydrogens is 448 g/mol. The van der Waals surface area contributed by atoms with E-state index in [9.17, 15) is 9.59 Å². The van der Waals surface area contributed by atoms with E-state index in [1.165, 1.54) is 16.5 Å². The highest BCUT2D eigenvalue weighted by atomic mass is 32.2. The summed E-state index contributed by atoms with van der Waals surface area (Å²) in [6.07, 6.45) is 4.04. The van der Waals surface area contributed by atoms with Crippen molar-refractivity contribution < 1.29 is 23.8 Å². The summed E-state index contributed by atoms with van der Waals surface area (Å²) in [5.41, 5.74) is 0.200. The van der Waals surface area contributed by atoms with Crippen molar-refractivity contribution in [2.45, 2.75) is 38.2 Å². The van der Waals surface area contributed by atoms with Crippen LogP contribution in [0.15, 0.2) is 66.7 Å². The van der Waals surface area contributed by atoms with Crippen LogP contribution in [-0.2, 0) is 14.3 Å². The topological polar surface area (TPSA) is 61.8 Å². The number of carbonyl (C=O) groups excluding carboxylic acids is 2. The van der Waals surface area contributed by atoms with Crippen LogP contribution in [0.5, 0.6) is 5.75 Å². The number of ether oxygens (including phenoxy) is 3. The maximum atomic E-state index is 12.2. The third-order valence-corrected chi connectivity index (χ3v) is 8.79. The lowest BCUT2D eigenvalue weighted by Crippen LogP contribution is -2.30. The van der Waals surface area contributed by atoms with Gasteiger partial charge in [0.05, 0.1) is 12.7 Å². The average Bonchev–Trinajstić information content (AvgIpc) is 3.43. The van der Waals surface area contributed by atoms with Crippen LogP contribution in [0.1, 0.15) is 43.0 Å². The van der Waals surface area contributed by atoms with Gasteiger partial charge >= 0.3 is 11.9 Å². The Balaban J connectivity index is 1.40. The molecule has 5 rings (SSSR count). The quantitative estimate of drug-likeness (QED) is 0.227. The first-order chi connectivity index (χ1) is 16.5. The second-order valence-electron chi connectivity index (χ2n) is 8.90. The number of rotatable bonds is 6. The van der Waals surface area contributed by atoms with Gasteiger partial charge in [0.25, 0.3) is 0 Å². The number of hydrogen-bond donors (Lipinski definition) is 0. The number of methoxy groups -OCH3 is 1. The zero-order valence-corrected chi connectivity index (χ0v) is 20.2. The van der Waals surface area contributed by atoms with Crippen molar-refractivity contribution >= 4 is 42.6 Å². The lowest BCUT2D eigenvalue weighted by Gasteiger charge is -2.23. The highest BCUT2D eigenvalue weighted by Crippen LogP contribution is 2.48. The van der Waals surface area contributed by atoms with Crippen LogP contribution in [0.25, 0.3) is 25.1 Å². The molecule has 174 valence electrons. The van der Waals surface area contributed by atoms with E-state index in [4.69, 9.17) is 14.2 Å². The Bertz CT molecular complexity index is 1360. The summed E-state index contributed by atoms with van der Waals surface area (Å²) in [5.74, 6) is -0.0287. The smallest absolute Gasteiger partial charge is 0.344 e. The molecule has 1 aromatic heterocycles. The van der Waals surface area contributed by atoms with Gasteiger partial charge in [0.15, 0.2) is 20.9 Å². The van der Waals surface area contributed by atoms with Gasteiger partial charge in [-0.05, 0) is 75.1 Å². The normalized spacial score (nSPS) is 15.4. The SMILES string of the molecule is COC(=O)c1ccc2c(c1)c1ccccc1[s+]2-c1ccc(OCC(=O)OC2(C)CCCC2)cc1. The van der Waals surface area contributed by atoms with Crippen molar-refractivity contribution in [3.63, 3.8) is 0 Å². The van der Waals surface area contributed by atoms with Crippen LogP contribution in [0.3, 0.4) is 0 Å². The zero-order valence-electron chi connectivity index (χ0n) is 19.3. The lowest BCUT2D eigenvalue weighted by molar-refractivity contribution is -0.159. The molecule has 0 N–H and O–H groups in total. The Morgan fingerprint density at radius 1 is 0.912 bits per heavy atom. The van der Waals surface area contributed by atoms with Crippen LogP contribution < -0.4 is 4.74 Å². The Labute approximate surface area is 201 Å². The first-order valence-corrected chi connectivity index (χ1v) is 12.7. The molecule has 1 unspecified atom stereocenters. The highest BCUT2D eigenvalue weighted by molar-refractivity contribution is 7.50. The van der Waals surface area contributed by atoms with Crippen LogP contribution in [0.2, 0.25) is 0 Å². The number of fused-ring (bicyclic) bond motifs is 3. The standard InChI is InChI=1S/C28H27O5S/c1-28(15-5-6-16-28)33-26(29)18-32-20-10-12-21(13-11-20)34-24-8-4-3-7-22(24)23-17-19(27(30)31-2)9-14-25(23)34/h3-4,7-14,17H,5-6,15-16,18H2,1-2H3/q+1. The van der Waals surface area contributed by atoms with Crippen LogP contribution in [-0.4, -0.2) is 31.3 Å². The van der Waals surface area contributed by atoms with Gasteiger partial charge in [0, 0.05) is 33.4 Å². The van der Waals surface area contributed by atoms with E-state index in [-0.39, 0.29) is 34.6 Å². The Morgan fingerprint density at radius 2 is 1.62 bits per heavy atom. The second kappa shape index (κ2) is 9.11. The molecule has 5 nitrogen and oxygen atoms in total. The highest BCUT2D eigenvalue weighted by Gasteiger charge is 2.32. The molecule has 1 fully saturated rings. The third-order valence-electron chi connectivity index (χ3n) is 6.46. The molecule has 0 bridgehead atoms. The van der Waals surface area contributed by atoms with Crippen molar-refractivity contribution in [3.8, 4) is 10.6 Å². The number of carbonyl (C=O) groups is 2. The molecule has 1 heterocycles. The minimum Gasteiger partial charge on any atom is -0.482 e.